The Bertz CT molecular complexity index is 1200. The van der Waals surface area contributed by atoms with Crippen molar-refractivity contribution < 1.29 is 19.7 Å². The van der Waals surface area contributed by atoms with Crippen molar-refractivity contribution in [3.05, 3.63) is 108 Å². The van der Waals surface area contributed by atoms with Gasteiger partial charge in [-0.3, -0.25) is 0 Å². The summed E-state index contributed by atoms with van der Waals surface area (Å²) in [5.74, 6) is 1.98. The van der Waals surface area contributed by atoms with Crippen molar-refractivity contribution in [2.24, 2.45) is 5.92 Å². The van der Waals surface area contributed by atoms with E-state index in [0.29, 0.717) is 5.92 Å². The van der Waals surface area contributed by atoms with E-state index in [1.807, 2.05) is 48.5 Å². The highest BCUT2D eigenvalue weighted by Gasteiger charge is 2.32. The average Bonchev–Trinajstić information content (AvgIpc) is 2.95. The van der Waals surface area contributed by atoms with Gasteiger partial charge in [0.15, 0.2) is 0 Å². The fourth-order valence-corrected chi connectivity index (χ4v) is 5.21. The topological polar surface area (TPSA) is 58.9 Å². The van der Waals surface area contributed by atoms with Crippen LogP contribution in [0.4, 0.5) is 0 Å². The van der Waals surface area contributed by atoms with E-state index in [-0.39, 0.29) is 31.8 Å². The monoisotopic (exact) mass is 510 g/mol. The summed E-state index contributed by atoms with van der Waals surface area (Å²) in [6.07, 6.45) is 0.948. The average molecular weight is 511 g/mol. The summed E-state index contributed by atoms with van der Waals surface area (Å²) >= 11 is 0. The summed E-state index contributed by atoms with van der Waals surface area (Å²) in [6.45, 7) is 7.25. The Labute approximate surface area is 226 Å². The minimum absolute atomic E-state index is 0.0337. The summed E-state index contributed by atoms with van der Waals surface area (Å²) in [5, 5.41) is 18.7. The minimum Gasteiger partial charge on any atom is -0.491 e. The van der Waals surface area contributed by atoms with Gasteiger partial charge in [0.1, 0.15) is 24.7 Å². The first kappa shape index (κ1) is 27.4. The van der Waals surface area contributed by atoms with Gasteiger partial charge in [-0.15, -0.1) is 0 Å². The number of aliphatic hydroxyl groups excluding tert-OH is 2. The van der Waals surface area contributed by atoms with Crippen molar-refractivity contribution in [3.63, 3.8) is 0 Å². The molecule has 0 saturated heterocycles. The molecule has 4 aromatic carbocycles. The molecule has 0 aliphatic carbocycles. The highest BCUT2D eigenvalue weighted by atomic mass is 16.5. The largest absolute Gasteiger partial charge is 0.491 e. The molecule has 0 bridgehead atoms. The van der Waals surface area contributed by atoms with Crippen LogP contribution in [0.25, 0.3) is 22.3 Å². The highest BCUT2D eigenvalue weighted by molar-refractivity contribution is 5.74. The third-order valence-corrected chi connectivity index (χ3v) is 6.92. The maximum atomic E-state index is 9.37. The van der Waals surface area contributed by atoms with Crippen LogP contribution in [-0.4, -0.2) is 36.6 Å². The Hall–Kier alpha value is -3.60. The van der Waals surface area contributed by atoms with Gasteiger partial charge in [0.05, 0.1) is 13.2 Å². The zero-order valence-electron chi connectivity index (χ0n) is 22.6. The summed E-state index contributed by atoms with van der Waals surface area (Å²) in [5.41, 5.74) is 6.29. The molecule has 0 spiro atoms. The van der Waals surface area contributed by atoms with Gasteiger partial charge in [-0.25, -0.2) is 0 Å². The van der Waals surface area contributed by atoms with Gasteiger partial charge in [0.25, 0.3) is 0 Å². The van der Waals surface area contributed by atoms with E-state index in [9.17, 15) is 10.2 Å². The molecule has 0 heterocycles. The van der Waals surface area contributed by atoms with E-state index < -0.39 is 0 Å². The number of hydrogen-bond acceptors (Lipinski definition) is 4. The number of ether oxygens (including phenoxy) is 2. The van der Waals surface area contributed by atoms with Crippen LogP contribution in [0.15, 0.2) is 97.1 Å². The van der Waals surface area contributed by atoms with Crippen molar-refractivity contribution in [1.82, 2.24) is 0 Å². The molecule has 198 valence electrons. The normalized spacial score (nSPS) is 11.5. The predicted molar refractivity (Wildman–Crippen MR) is 155 cm³/mol. The van der Waals surface area contributed by atoms with Gasteiger partial charge in [-0.1, -0.05) is 93.6 Å². The zero-order valence-corrected chi connectivity index (χ0v) is 22.6. The van der Waals surface area contributed by atoms with Crippen molar-refractivity contribution in [2.75, 3.05) is 26.4 Å². The standard InChI is InChI=1S/C34H38O4/c1-25(2)24-34(3,28-14-16-32(37-20-18-35)30(22-28)26-10-6-4-7-11-26)29-15-17-33(38-21-19-36)31(23-29)27-12-8-5-9-13-27/h4-17,22-23,25,35-36H,18-21,24H2,1-3H3. The van der Waals surface area contributed by atoms with E-state index in [2.05, 4.69) is 69.3 Å². The molecule has 4 aromatic rings. The first-order valence-electron chi connectivity index (χ1n) is 13.3. The SMILES string of the molecule is CC(C)CC(C)(c1ccc(OCCO)c(-c2ccccc2)c1)c1ccc(OCCO)c(-c2ccccc2)c1. The van der Waals surface area contributed by atoms with Crippen molar-refractivity contribution in [2.45, 2.75) is 32.6 Å². The molecule has 0 radical (unpaired) electrons. The van der Waals surface area contributed by atoms with Gasteiger partial charge >= 0.3 is 0 Å². The van der Waals surface area contributed by atoms with Crippen LogP contribution < -0.4 is 9.47 Å². The van der Waals surface area contributed by atoms with Crippen molar-refractivity contribution in [3.8, 4) is 33.8 Å². The molecule has 0 aliphatic rings. The lowest BCUT2D eigenvalue weighted by Crippen LogP contribution is -2.26. The maximum Gasteiger partial charge on any atom is 0.127 e. The van der Waals surface area contributed by atoms with E-state index >= 15 is 0 Å². The van der Waals surface area contributed by atoms with E-state index in [0.717, 1.165) is 40.2 Å². The van der Waals surface area contributed by atoms with Crippen LogP contribution in [0.3, 0.4) is 0 Å². The molecule has 0 unspecified atom stereocenters. The first-order chi connectivity index (χ1) is 18.5. The Morgan fingerprint density at radius 2 is 1.05 bits per heavy atom. The Morgan fingerprint density at radius 3 is 1.42 bits per heavy atom. The zero-order chi connectivity index (χ0) is 27.0. The molecule has 0 saturated carbocycles. The van der Waals surface area contributed by atoms with Crippen molar-refractivity contribution >= 4 is 0 Å². The molecule has 38 heavy (non-hydrogen) atoms. The minimum atomic E-state index is -0.285. The lowest BCUT2D eigenvalue weighted by molar-refractivity contribution is 0.202. The maximum absolute atomic E-state index is 9.37. The smallest absolute Gasteiger partial charge is 0.127 e. The lowest BCUT2D eigenvalue weighted by Gasteiger charge is -2.34. The first-order valence-corrected chi connectivity index (χ1v) is 13.3. The second-order valence-corrected chi connectivity index (χ2v) is 10.2. The van der Waals surface area contributed by atoms with Crippen LogP contribution in [-0.2, 0) is 5.41 Å². The lowest BCUT2D eigenvalue weighted by atomic mass is 9.70. The van der Waals surface area contributed by atoms with Gasteiger partial charge in [-0.2, -0.15) is 0 Å². The molecular formula is C34H38O4. The van der Waals surface area contributed by atoms with Crippen LogP contribution in [0.1, 0.15) is 38.3 Å². The third-order valence-electron chi connectivity index (χ3n) is 6.92. The molecule has 0 atom stereocenters. The van der Waals surface area contributed by atoms with Crippen LogP contribution in [0.2, 0.25) is 0 Å². The third kappa shape index (κ3) is 6.27. The van der Waals surface area contributed by atoms with Crippen LogP contribution in [0.5, 0.6) is 11.5 Å². The van der Waals surface area contributed by atoms with Crippen LogP contribution in [0, 0.1) is 5.92 Å². The second kappa shape index (κ2) is 12.8. The molecule has 0 fully saturated rings. The number of benzene rings is 4. The quantitative estimate of drug-likeness (QED) is 0.213. The molecule has 2 N–H and O–H groups in total. The summed E-state index contributed by atoms with van der Waals surface area (Å²) in [7, 11) is 0. The summed E-state index contributed by atoms with van der Waals surface area (Å²) < 4.78 is 11.9. The van der Waals surface area contributed by atoms with Gasteiger partial charge in [0.2, 0.25) is 0 Å². The fourth-order valence-electron chi connectivity index (χ4n) is 5.21. The number of hydrogen-bond donors (Lipinski definition) is 2. The second-order valence-electron chi connectivity index (χ2n) is 10.2. The van der Waals surface area contributed by atoms with Gasteiger partial charge in [0, 0.05) is 16.5 Å². The summed E-state index contributed by atoms with van der Waals surface area (Å²) in [6, 6.07) is 33.3. The molecular weight excluding hydrogens is 472 g/mol. The predicted octanol–water partition coefficient (Wildman–Crippen LogP) is 7.11. The molecule has 0 amide bonds. The Kier molecular flexibility index (Phi) is 9.22. The van der Waals surface area contributed by atoms with E-state index in [4.69, 9.17) is 9.47 Å². The van der Waals surface area contributed by atoms with E-state index in [1.54, 1.807) is 0 Å². The van der Waals surface area contributed by atoms with E-state index in [1.165, 1.54) is 11.1 Å². The molecule has 4 nitrogen and oxygen atoms in total. The Morgan fingerprint density at radius 1 is 0.632 bits per heavy atom. The molecule has 0 aromatic heterocycles. The Balaban J connectivity index is 1.87. The number of rotatable bonds is 12. The summed E-state index contributed by atoms with van der Waals surface area (Å²) in [4.78, 5) is 0. The van der Waals surface area contributed by atoms with Gasteiger partial charge < -0.3 is 19.7 Å². The van der Waals surface area contributed by atoms with Gasteiger partial charge in [-0.05, 0) is 58.9 Å². The molecule has 0 aliphatic heterocycles. The van der Waals surface area contributed by atoms with Crippen LogP contribution >= 0.6 is 0 Å². The highest BCUT2D eigenvalue weighted by Crippen LogP contribution is 2.44. The number of aliphatic hydroxyl groups is 2. The fraction of sp³-hybridized carbons (Fsp3) is 0.294. The molecule has 4 heteroatoms. The molecule has 4 rings (SSSR count). The van der Waals surface area contributed by atoms with Crippen molar-refractivity contribution in [1.29, 1.82) is 0 Å².